The summed E-state index contributed by atoms with van der Waals surface area (Å²) in [6, 6.07) is 8.95. The summed E-state index contributed by atoms with van der Waals surface area (Å²) in [5.41, 5.74) is 1.10. The fourth-order valence-corrected chi connectivity index (χ4v) is 6.81. The Morgan fingerprint density at radius 3 is 2.69 bits per heavy atom. The fourth-order valence-electron chi connectivity index (χ4n) is 5.69. The Morgan fingerprint density at radius 1 is 1.36 bits per heavy atom. The molecule has 3 atom stereocenters. The van der Waals surface area contributed by atoms with Crippen molar-refractivity contribution in [1.29, 1.82) is 5.26 Å². The average Bonchev–Trinajstić information content (AvgIpc) is 2.85. The first-order valence-corrected chi connectivity index (χ1v) is 13.6. The van der Waals surface area contributed by atoms with Gasteiger partial charge in [-0.15, -0.1) is 0 Å². The Bertz CT molecular complexity index is 1180. The van der Waals surface area contributed by atoms with E-state index in [9.17, 15) is 10.1 Å². The second-order valence-corrected chi connectivity index (χ2v) is 11.7. The van der Waals surface area contributed by atoms with Crippen molar-refractivity contribution in [2.24, 2.45) is 17.3 Å². The molecule has 0 saturated heterocycles. The molecule has 0 N–H and O–H groups in total. The maximum atomic E-state index is 13.5. The predicted molar refractivity (Wildman–Crippen MR) is 146 cm³/mol. The molecule has 1 fully saturated rings. The number of anilines is 3. The number of hydrogen-bond donors (Lipinski definition) is 0. The van der Waals surface area contributed by atoms with E-state index in [4.69, 9.17) is 26.0 Å². The first-order valence-electron chi connectivity index (χ1n) is 12.4. The standard InChI is InChI=1S/C26H35ClN6O2Si/c1-17-14-19(25(2,3)4)10-11-26(17,35-36)31(5)23-29-15-18-16-33(21-9-7-6-8-20(21)27)24(34)32(13-12-28)22(18)30-23/h6-9,15,17,19H,10-11,13-14,16H2,1-5,36H3. The van der Waals surface area contributed by atoms with Crippen molar-refractivity contribution in [3.05, 3.63) is 41.0 Å². The number of amides is 2. The summed E-state index contributed by atoms with van der Waals surface area (Å²) in [6.07, 6.45) is 4.77. The molecule has 36 heavy (non-hydrogen) atoms. The molecular formula is C26H35ClN6O2Si. The van der Waals surface area contributed by atoms with Crippen molar-refractivity contribution in [2.75, 3.05) is 28.3 Å². The summed E-state index contributed by atoms with van der Waals surface area (Å²) >= 11 is 6.38. The number of benzene rings is 1. The van der Waals surface area contributed by atoms with E-state index in [-0.39, 0.29) is 30.5 Å². The number of carbonyl (C=O) groups excluding carboxylic acids is 1. The van der Waals surface area contributed by atoms with Crippen LogP contribution >= 0.6 is 11.6 Å². The highest BCUT2D eigenvalue weighted by atomic mass is 35.5. The van der Waals surface area contributed by atoms with E-state index in [2.05, 4.69) is 33.8 Å². The summed E-state index contributed by atoms with van der Waals surface area (Å²) in [6.45, 7) is 9.32. The molecule has 1 saturated carbocycles. The van der Waals surface area contributed by atoms with E-state index in [1.165, 1.54) is 4.90 Å². The van der Waals surface area contributed by atoms with Gasteiger partial charge in [0, 0.05) is 24.7 Å². The van der Waals surface area contributed by atoms with E-state index in [1.807, 2.05) is 24.1 Å². The summed E-state index contributed by atoms with van der Waals surface area (Å²) in [7, 11) is 2.56. The minimum Gasteiger partial charge on any atom is -0.406 e. The zero-order valence-corrected chi connectivity index (χ0v) is 24.7. The van der Waals surface area contributed by atoms with Gasteiger partial charge in [-0.1, -0.05) is 51.4 Å². The maximum Gasteiger partial charge on any atom is 0.331 e. The first kappa shape index (κ1) is 26.4. The third kappa shape index (κ3) is 4.58. The molecule has 1 aliphatic heterocycles. The number of urea groups is 1. The topological polar surface area (TPSA) is 85.6 Å². The second kappa shape index (κ2) is 10.00. The molecule has 1 aromatic carbocycles. The molecule has 0 spiro atoms. The van der Waals surface area contributed by atoms with Crippen molar-refractivity contribution in [1.82, 2.24) is 9.97 Å². The largest absolute Gasteiger partial charge is 0.406 e. The van der Waals surface area contributed by atoms with Crippen LogP contribution in [0.15, 0.2) is 30.5 Å². The number of nitrogens with zero attached hydrogens (tertiary/aromatic N) is 6. The molecule has 3 unspecified atom stereocenters. The normalized spacial score (nSPS) is 24.4. The number of fused-ring (bicyclic) bond motifs is 1. The van der Waals surface area contributed by atoms with Crippen LogP contribution in [0.2, 0.25) is 5.02 Å². The van der Waals surface area contributed by atoms with Gasteiger partial charge in [0.1, 0.15) is 28.6 Å². The van der Waals surface area contributed by atoms with Crippen molar-refractivity contribution < 1.29 is 9.22 Å². The lowest BCUT2D eigenvalue weighted by Gasteiger charge is -2.52. The van der Waals surface area contributed by atoms with Crippen molar-refractivity contribution in [2.45, 2.75) is 59.2 Å². The Kier molecular flexibility index (Phi) is 7.33. The monoisotopic (exact) mass is 526 g/mol. The van der Waals surface area contributed by atoms with Crippen LogP contribution in [0.3, 0.4) is 0 Å². The molecule has 2 aliphatic rings. The van der Waals surface area contributed by atoms with Gasteiger partial charge in [-0.25, -0.2) is 9.78 Å². The predicted octanol–water partition coefficient (Wildman–Crippen LogP) is 4.51. The maximum absolute atomic E-state index is 13.5. The molecule has 8 nitrogen and oxygen atoms in total. The van der Waals surface area contributed by atoms with Gasteiger partial charge in [0.05, 0.1) is 23.3 Å². The molecule has 10 heteroatoms. The first-order chi connectivity index (χ1) is 17.0. The molecular weight excluding hydrogens is 492 g/mol. The summed E-state index contributed by atoms with van der Waals surface area (Å²) in [5.74, 6) is 1.86. The molecule has 0 radical (unpaired) electrons. The number of aromatic nitrogens is 2. The van der Waals surface area contributed by atoms with E-state index >= 15 is 0 Å². The van der Waals surface area contributed by atoms with E-state index in [0.29, 0.717) is 38.9 Å². The van der Waals surface area contributed by atoms with Crippen LogP contribution < -0.4 is 14.7 Å². The summed E-state index contributed by atoms with van der Waals surface area (Å²) in [5, 5.41) is 9.97. The van der Waals surface area contributed by atoms with Gasteiger partial charge in [0.2, 0.25) is 5.95 Å². The third-order valence-corrected chi connectivity index (χ3v) is 8.98. The summed E-state index contributed by atoms with van der Waals surface area (Å²) < 4.78 is 6.32. The highest BCUT2D eigenvalue weighted by molar-refractivity contribution is 6.34. The lowest BCUT2D eigenvalue weighted by Crippen LogP contribution is -2.57. The minimum absolute atomic E-state index is 0.126. The molecule has 4 rings (SSSR count). The van der Waals surface area contributed by atoms with E-state index in [1.54, 1.807) is 23.2 Å². The van der Waals surface area contributed by atoms with Crippen LogP contribution in [0, 0.1) is 28.6 Å². The zero-order valence-electron chi connectivity index (χ0n) is 22.0. The van der Waals surface area contributed by atoms with Crippen LogP contribution in [0.5, 0.6) is 0 Å². The molecule has 2 amide bonds. The molecule has 1 aliphatic carbocycles. The van der Waals surface area contributed by atoms with Crippen LogP contribution in [-0.2, 0) is 11.0 Å². The van der Waals surface area contributed by atoms with E-state index < -0.39 is 5.72 Å². The quantitative estimate of drug-likeness (QED) is 0.323. The van der Waals surface area contributed by atoms with Crippen LogP contribution in [-0.4, -0.2) is 45.8 Å². The van der Waals surface area contributed by atoms with Gasteiger partial charge in [-0.2, -0.15) is 10.2 Å². The second-order valence-electron chi connectivity index (χ2n) is 10.9. The highest BCUT2D eigenvalue weighted by Crippen LogP contribution is 2.47. The molecule has 192 valence electrons. The summed E-state index contributed by atoms with van der Waals surface area (Å²) in [4.78, 5) is 28.0. The van der Waals surface area contributed by atoms with Crippen LogP contribution in [0.1, 0.15) is 52.5 Å². The Balaban J connectivity index is 1.68. The molecule has 2 aromatic rings. The lowest BCUT2D eigenvalue weighted by molar-refractivity contribution is -0.0433. The fraction of sp³-hybridized carbons (Fsp3) is 0.538. The van der Waals surface area contributed by atoms with Gasteiger partial charge >= 0.3 is 6.03 Å². The smallest absolute Gasteiger partial charge is 0.331 e. The number of para-hydroxylation sites is 1. The Hall–Kier alpha value is -2.67. The third-order valence-electron chi connectivity index (χ3n) is 7.95. The lowest BCUT2D eigenvalue weighted by atomic mass is 9.66. The van der Waals surface area contributed by atoms with Gasteiger partial charge in [0.15, 0.2) is 0 Å². The number of halogens is 1. The van der Waals surface area contributed by atoms with Crippen molar-refractivity contribution >= 4 is 45.6 Å². The SMILES string of the molecule is CC1CC(C(C)(C)C)CCC1(O[SiH3])N(C)c1ncc2c(n1)N(CC#N)C(=O)N(c1ccccc1Cl)C2. The van der Waals surface area contributed by atoms with Gasteiger partial charge < -0.3 is 9.33 Å². The zero-order chi connectivity index (χ0) is 26.3. The number of nitriles is 1. The van der Waals surface area contributed by atoms with Crippen molar-refractivity contribution in [3.63, 3.8) is 0 Å². The van der Waals surface area contributed by atoms with Gasteiger partial charge in [0.25, 0.3) is 0 Å². The van der Waals surface area contributed by atoms with Crippen molar-refractivity contribution in [3.8, 4) is 6.07 Å². The number of carbonyl (C=O) groups is 1. The van der Waals surface area contributed by atoms with Crippen LogP contribution in [0.25, 0.3) is 0 Å². The Morgan fingerprint density at radius 2 is 2.08 bits per heavy atom. The number of rotatable bonds is 5. The van der Waals surface area contributed by atoms with E-state index in [0.717, 1.165) is 24.8 Å². The van der Waals surface area contributed by atoms with Crippen LogP contribution in [0.4, 0.5) is 22.2 Å². The molecule has 1 aromatic heterocycles. The minimum atomic E-state index is -0.495. The number of hydrogen-bond acceptors (Lipinski definition) is 6. The molecule has 0 bridgehead atoms. The van der Waals surface area contributed by atoms with Gasteiger partial charge in [-0.3, -0.25) is 9.80 Å². The highest BCUT2D eigenvalue weighted by Gasteiger charge is 2.47. The van der Waals surface area contributed by atoms with Gasteiger partial charge in [-0.05, 0) is 42.7 Å². The average molecular weight is 527 g/mol. The molecule has 2 heterocycles. The Labute approximate surface area is 221 Å².